The third kappa shape index (κ3) is 5.02. The van der Waals surface area contributed by atoms with Crippen LogP contribution in [0, 0.1) is 0 Å². The Bertz CT molecular complexity index is 526. The lowest BCUT2D eigenvalue weighted by Crippen LogP contribution is -2.34. The summed E-state index contributed by atoms with van der Waals surface area (Å²) in [6.07, 6.45) is 0. The zero-order valence-electron chi connectivity index (χ0n) is 11.3. The molecule has 0 radical (unpaired) electrons. The molecule has 0 bridgehead atoms. The molecule has 2 aromatic carbocycles. The van der Waals surface area contributed by atoms with E-state index in [4.69, 9.17) is 10.5 Å². The van der Waals surface area contributed by atoms with Crippen molar-refractivity contribution < 1.29 is 4.74 Å². The summed E-state index contributed by atoms with van der Waals surface area (Å²) < 4.78 is 5.55. The second-order valence-electron chi connectivity index (χ2n) is 4.28. The molecule has 0 saturated heterocycles. The van der Waals surface area contributed by atoms with Gasteiger partial charge in [-0.2, -0.15) is 0 Å². The van der Waals surface area contributed by atoms with Crippen molar-refractivity contribution in [2.24, 2.45) is 10.7 Å². The average molecular weight is 269 g/mol. The highest BCUT2D eigenvalue weighted by Crippen LogP contribution is 2.07. The summed E-state index contributed by atoms with van der Waals surface area (Å²) in [6, 6.07) is 19.7. The number of hydrogen-bond donors (Lipinski definition) is 2. The first-order valence-corrected chi connectivity index (χ1v) is 6.60. The summed E-state index contributed by atoms with van der Waals surface area (Å²) in [7, 11) is 0. The lowest BCUT2D eigenvalue weighted by Gasteiger charge is -2.08. The molecule has 3 N–H and O–H groups in total. The molecule has 20 heavy (non-hydrogen) atoms. The molecule has 0 fully saturated rings. The van der Waals surface area contributed by atoms with E-state index in [1.165, 1.54) is 0 Å². The van der Waals surface area contributed by atoms with Crippen molar-refractivity contribution in [2.75, 3.05) is 13.2 Å². The van der Waals surface area contributed by atoms with Gasteiger partial charge in [-0.25, -0.2) is 4.99 Å². The predicted molar refractivity (Wildman–Crippen MR) is 81.7 cm³/mol. The average Bonchev–Trinajstić information content (AvgIpc) is 2.52. The van der Waals surface area contributed by atoms with Gasteiger partial charge in [0.15, 0.2) is 5.96 Å². The van der Waals surface area contributed by atoms with Crippen molar-refractivity contribution in [3.63, 3.8) is 0 Å². The van der Waals surface area contributed by atoms with Gasteiger partial charge in [0, 0.05) is 0 Å². The Morgan fingerprint density at radius 1 is 1.00 bits per heavy atom. The van der Waals surface area contributed by atoms with E-state index in [0.717, 1.165) is 11.3 Å². The van der Waals surface area contributed by atoms with Gasteiger partial charge >= 0.3 is 0 Å². The van der Waals surface area contributed by atoms with E-state index in [2.05, 4.69) is 10.3 Å². The van der Waals surface area contributed by atoms with Crippen molar-refractivity contribution in [3.05, 3.63) is 66.2 Å². The van der Waals surface area contributed by atoms with Crippen molar-refractivity contribution in [2.45, 2.75) is 6.54 Å². The summed E-state index contributed by atoms with van der Waals surface area (Å²) in [6.45, 7) is 1.75. The van der Waals surface area contributed by atoms with Gasteiger partial charge < -0.3 is 15.8 Å². The highest BCUT2D eigenvalue weighted by molar-refractivity contribution is 5.77. The molecule has 0 aliphatic rings. The quantitative estimate of drug-likeness (QED) is 0.480. The number of benzene rings is 2. The van der Waals surface area contributed by atoms with Gasteiger partial charge in [0.05, 0.1) is 13.1 Å². The van der Waals surface area contributed by atoms with Crippen LogP contribution < -0.4 is 15.8 Å². The monoisotopic (exact) mass is 269 g/mol. The lowest BCUT2D eigenvalue weighted by atomic mass is 10.2. The number of ether oxygens (including phenoxy) is 1. The van der Waals surface area contributed by atoms with Crippen LogP contribution >= 0.6 is 0 Å². The maximum absolute atomic E-state index is 5.78. The number of nitrogens with one attached hydrogen (secondary N) is 1. The molecule has 0 atom stereocenters. The van der Waals surface area contributed by atoms with E-state index in [0.29, 0.717) is 25.7 Å². The van der Waals surface area contributed by atoms with Gasteiger partial charge in [-0.15, -0.1) is 0 Å². The molecule has 0 aromatic heterocycles. The van der Waals surface area contributed by atoms with E-state index in [1.807, 2.05) is 60.7 Å². The van der Waals surface area contributed by atoms with Crippen molar-refractivity contribution in [1.29, 1.82) is 0 Å². The number of rotatable bonds is 6. The largest absolute Gasteiger partial charge is 0.492 e. The number of aliphatic imine (C=N–C) groups is 1. The maximum atomic E-state index is 5.78. The molecular weight excluding hydrogens is 250 g/mol. The van der Waals surface area contributed by atoms with Crippen LogP contribution in [0.15, 0.2) is 65.7 Å². The number of nitrogens with zero attached hydrogens (tertiary/aromatic N) is 1. The Morgan fingerprint density at radius 3 is 2.35 bits per heavy atom. The molecule has 4 nitrogen and oxygen atoms in total. The van der Waals surface area contributed by atoms with Gasteiger partial charge in [0.1, 0.15) is 12.4 Å². The van der Waals surface area contributed by atoms with E-state index in [-0.39, 0.29) is 0 Å². The van der Waals surface area contributed by atoms with Crippen molar-refractivity contribution in [1.82, 2.24) is 5.32 Å². The molecule has 2 rings (SSSR count). The summed E-state index contributed by atoms with van der Waals surface area (Å²) in [4.78, 5) is 4.27. The molecule has 0 aliphatic carbocycles. The number of hydrogen-bond acceptors (Lipinski definition) is 2. The van der Waals surface area contributed by atoms with Gasteiger partial charge in [0.2, 0.25) is 0 Å². The van der Waals surface area contributed by atoms with Crippen LogP contribution in [0.4, 0.5) is 0 Å². The summed E-state index contributed by atoms with van der Waals surface area (Å²) in [5.41, 5.74) is 6.92. The molecule has 2 aromatic rings. The lowest BCUT2D eigenvalue weighted by molar-refractivity contribution is 0.322. The second-order valence-corrected chi connectivity index (χ2v) is 4.28. The van der Waals surface area contributed by atoms with Gasteiger partial charge in [-0.05, 0) is 17.7 Å². The van der Waals surface area contributed by atoms with Crippen LogP contribution in [-0.4, -0.2) is 19.1 Å². The first-order valence-electron chi connectivity index (χ1n) is 6.60. The smallest absolute Gasteiger partial charge is 0.189 e. The fraction of sp³-hybridized carbons (Fsp3) is 0.188. The van der Waals surface area contributed by atoms with Crippen LogP contribution in [0.2, 0.25) is 0 Å². The summed E-state index contributed by atoms with van der Waals surface area (Å²) >= 11 is 0. The highest BCUT2D eigenvalue weighted by atomic mass is 16.5. The molecular formula is C16H19N3O. The summed E-state index contributed by atoms with van der Waals surface area (Å²) in [5, 5.41) is 3.03. The van der Waals surface area contributed by atoms with Crippen LogP contribution in [0.3, 0.4) is 0 Å². The Balaban J connectivity index is 1.66. The minimum absolute atomic E-state index is 0.436. The zero-order chi connectivity index (χ0) is 14.0. The predicted octanol–water partition coefficient (Wildman–Crippen LogP) is 2.17. The van der Waals surface area contributed by atoms with Crippen LogP contribution in [0.5, 0.6) is 5.75 Å². The molecule has 0 aliphatic heterocycles. The molecule has 0 saturated carbocycles. The van der Waals surface area contributed by atoms with E-state index in [1.54, 1.807) is 0 Å². The molecule has 0 heterocycles. The van der Waals surface area contributed by atoms with E-state index < -0.39 is 0 Å². The third-order valence-corrected chi connectivity index (χ3v) is 2.69. The molecule has 0 unspecified atom stereocenters. The molecule has 104 valence electrons. The number of nitrogens with two attached hydrogens (primary N) is 1. The summed E-state index contributed by atoms with van der Waals surface area (Å²) in [5.74, 6) is 1.29. The van der Waals surface area contributed by atoms with E-state index >= 15 is 0 Å². The number of guanidine groups is 1. The fourth-order valence-corrected chi connectivity index (χ4v) is 1.68. The minimum Gasteiger partial charge on any atom is -0.492 e. The van der Waals surface area contributed by atoms with Crippen molar-refractivity contribution >= 4 is 5.96 Å². The Hall–Kier alpha value is -2.49. The first kappa shape index (κ1) is 13.9. The van der Waals surface area contributed by atoms with Gasteiger partial charge in [-0.3, -0.25) is 0 Å². The minimum atomic E-state index is 0.436. The zero-order valence-corrected chi connectivity index (χ0v) is 11.3. The maximum Gasteiger partial charge on any atom is 0.189 e. The highest BCUT2D eigenvalue weighted by Gasteiger charge is 1.94. The second kappa shape index (κ2) is 7.84. The van der Waals surface area contributed by atoms with Crippen LogP contribution in [0.25, 0.3) is 0 Å². The van der Waals surface area contributed by atoms with Crippen LogP contribution in [-0.2, 0) is 6.54 Å². The Kier molecular flexibility index (Phi) is 5.46. The van der Waals surface area contributed by atoms with Crippen LogP contribution in [0.1, 0.15) is 5.56 Å². The third-order valence-electron chi connectivity index (χ3n) is 2.69. The first-order chi connectivity index (χ1) is 9.84. The fourth-order valence-electron chi connectivity index (χ4n) is 1.68. The Labute approximate surface area is 119 Å². The van der Waals surface area contributed by atoms with Gasteiger partial charge in [0.25, 0.3) is 0 Å². The SMILES string of the molecule is NC(=NCc1ccccc1)NCCOc1ccccc1. The van der Waals surface area contributed by atoms with Crippen molar-refractivity contribution in [3.8, 4) is 5.75 Å². The number of para-hydroxylation sites is 1. The normalized spacial score (nSPS) is 11.1. The van der Waals surface area contributed by atoms with Gasteiger partial charge in [-0.1, -0.05) is 48.5 Å². The standard InChI is InChI=1S/C16H19N3O/c17-16(19-13-14-7-3-1-4-8-14)18-11-12-20-15-9-5-2-6-10-15/h1-10H,11-13H2,(H3,17,18,19). The molecule has 0 spiro atoms. The Morgan fingerprint density at radius 2 is 1.65 bits per heavy atom. The topological polar surface area (TPSA) is 59.6 Å². The molecule has 0 amide bonds. The van der Waals surface area contributed by atoms with E-state index in [9.17, 15) is 0 Å². The molecule has 4 heteroatoms.